The predicted octanol–water partition coefficient (Wildman–Crippen LogP) is 3.50. The average molecular weight is 287 g/mol. The minimum absolute atomic E-state index is 0.0411. The lowest BCUT2D eigenvalue weighted by molar-refractivity contribution is -0.384. The largest absolute Gasteiger partial charge is 0.383 e. The first-order valence-corrected chi connectivity index (χ1v) is 6.59. The fourth-order valence-electron chi connectivity index (χ4n) is 1.90. The number of anilines is 1. The topological polar surface area (TPSA) is 55.6 Å². The molecular weight excluding hydrogens is 268 g/mol. The van der Waals surface area contributed by atoms with Crippen LogP contribution in [0, 0.1) is 10.1 Å². The maximum atomic E-state index is 11.2. The highest BCUT2D eigenvalue weighted by atomic mass is 35.5. The molecule has 0 aliphatic carbocycles. The molecule has 6 heteroatoms. The van der Waals surface area contributed by atoms with E-state index in [1.165, 1.54) is 6.07 Å². The van der Waals surface area contributed by atoms with E-state index in [9.17, 15) is 10.1 Å². The maximum absolute atomic E-state index is 11.2. The number of halogens is 1. The van der Waals surface area contributed by atoms with E-state index in [1.807, 2.05) is 18.7 Å². The molecule has 106 valence electrons. The van der Waals surface area contributed by atoms with Crippen molar-refractivity contribution in [2.75, 3.05) is 25.2 Å². The van der Waals surface area contributed by atoms with Crippen LogP contribution in [-0.2, 0) is 4.74 Å². The van der Waals surface area contributed by atoms with Gasteiger partial charge in [0.15, 0.2) is 0 Å². The molecule has 0 saturated heterocycles. The zero-order chi connectivity index (χ0) is 14.4. The predicted molar refractivity (Wildman–Crippen MR) is 77.1 cm³/mol. The standard InChI is InChI=1S/C13H19ClN2O3/c1-4-10(2)15(8-9-19-3)12-7-5-6-11(14)13(12)16(17)18/h5-7,10H,4,8-9H2,1-3H3. The Kier molecular flexibility index (Phi) is 6.05. The number of nitrogens with zero attached hydrogens (tertiary/aromatic N) is 2. The van der Waals surface area contributed by atoms with Crippen LogP contribution in [0.1, 0.15) is 20.3 Å². The van der Waals surface area contributed by atoms with Gasteiger partial charge in [0.2, 0.25) is 0 Å². The molecule has 1 atom stereocenters. The van der Waals surface area contributed by atoms with E-state index < -0.39 is 4.92 Å². The zero-order valence-electron chi connectivity index (χ0n) is 11.4. The van der Waals surface area contributed by atoms with Crippen LogP contribution in [0.15, 0.2) is 18.2 Å². The molecule has 0 aliphatic heterocycles. The number of benzene rings is 1. The van der Waals surface area contributed by atoms with E-state index in [2.05, 4.69) is 0 Å². The number of ether oxygens (including phenoxy) is 1. The summed E-state index contributed by atoms with van der Waals surface area (Å²) in [6.45, 7) is 5.17. The Hall–Kier alpha value is -1.33. The summed E-state index contributed by atoms with van der Waals surface area (Å²) in [6, 6.07) is 5.17. The molecule has 1 aromatic rings. The molecule has 1 unspecified atom stereocenters. The third-order valence-electron chi connectivity index (χ3n) is 3.12. The second-order valence-corrected chi connectivity index (χ2v) is 4.72. The molecule has 1 rings (SSSR count). The minimum atomic E-state index is -0.431. The molecule has 5 nitrogen and oxygen atoms in total. The van der Waals surface area contributed by atoms with Gasteiger partial charge in [0, 0.05) is 19.7 Å². The van der Waals surface area contributed by atoms with Crippen LogP contribution in [0.4, 0.5) is 11.4 Å². The Labute approximate surface area is 118 Å². The summed E-state index contributed by atoms with van der Waals surface area (Å²) in [4.78, 5) is 12.7. The van der Waals surface area contributed by atoms with Crippen LogP contribution in [0.5, 0.6) is 0 Å². The summed E-state index contributed by atoms with van der Waals surface area (Å²) < 4.78 is 5.07. The minimum Gasteiger partial charge on any atom is -0.383 e. The average Bonchev–Trinajstić information content (AvgIpc) is 2.38. The normalized spacial score (nSPS) is 12.2. The van der Waals surface area contributed by atoms with Crippen LogP contribution in [-0.4, -0.2) is 31.2 Å². The fraction of sp³-hybridized carbons (Fsp3) is 0.538. The first-order chi connectivity index (χ1) is 9.02. The number of para-hydroxylation sites is 1. The lowest BCUT2D eigenvalue weighted by atomic mass is 10.1. The van der Waals surface area contributed by atoms with Crippen molar-refractivity contribution in [3.8, 4) is 0 Å². The Bertz CT molecular complexity index is 440. The molecular formula is C13H19ClN2O3. The molecule has 0 bridgehead atoms. The van der Waals surface area contributed by atoms with Gasteiger partial charge in [0.1, 0.15) is 10.7 Å². The summed E-state index contributed by atoms with van der Waals surface area (Å²) in [5.41, 5.74) is 0.504. The van der Waals surface area contributed by atoms with Gasteiger partial charge in [-0.1, -0.05) is 24.6 Å². The summed E-state index contributed by atoms with van der Waals surface area (Å²) >= 11 is 5.95. The van der Waals surface area contributed by atoms with Gasteiger partial charge in [-0.2, -0.15) is 0 Å². The number of nitro benzene ring substituents is 1. The quantitative estimate of drug-likeness (QED) is 0.569. The highest BCUT2D eigenvalue weighted by Crippen LogP contribution is 2.36. The van der Waals surface area contributed by atoms with E-state index >= 15 is 0 Å². The van der Waals surface area contributed by atoms with Gasteiger partial charge >= 0.3 is 5.69 Å². The molecule has 0 aliphatic rings. The number of hydrogen-bond acceptors (Lipinski definition) is 4. The van der Waals surface area contributed by atoms with E-state index in [1.54, 1.807) is 19.2 Å². The Morgan fingerprint density at radius 1 is 1.53 bits per heavy atom. The Morgan fingerprint density at radius 2 is 2.21 bits per heavy atom. The zero-order valence-corrected chi connectivity index (χ0v) is 12.2. The van der Waals surface area contributed by atoms with Crippen molar-refractivity contribution in [2.24, 2.45) is 0 Å². The second kappa shape index (κ2) is 7.31. The van der Waals surface area contributed by atoms with Crippen molar-refractivity contribution in [1.82, 2.24) is 0 Å². The third kappa shape index (κ3) is 3.81. The summed E-state index contributed by atoms with van der Waals surface area (Å²) in [6.07, 6.45) is 0.882. The molecule has 0 saturated carbocycles. The van der Waals surface area contributed by atoms with Gasteiger partial charge in [-0.15, -0.1) is 0 Å². The first-order valence-electron chi connectivity index (χ1n) is 6.21. The smallest absolute Gasteiger partial charge is 0.310 e. The van der Waals surface area contributed by atoms with Crippen LogP contribution in [0.2, 0.25) is 5.02 Å². The number of nitro groups is 1. The second-order valence-electron chi connectivity index (χ2n) is 4.31. The van der Waals surface area contributed by atoms with Gasteiger partial charge < -0.3 is 9.64 Å². The molecule has 0 radical (unpaired) electrons. The van der Waals surface area contributed by atoms with E-state index in [4.69, 9.17) is 16.3 Å². The van der Waals surface area contributed by atoms with E-state index in [0.717, 1.165) is 6.42 Å². The molecule has 19 heavy (non-hydrogen) atoms. The molecule has 0 amide bonds. The Morgan fingerprint density at radius 3 is 2.74 bits per heavy atom. The van der Waals surface area contributed by atoms with E-state index in [0.29, 0.717) is 18.8 Å². The molecule has 0 fully saturated rings. The van der Waals surface area contributed by atoms with Crippen molar-refractivity contribution in [3.63, 3.8) is 0 Å². The van der Waals surface area contributed by atoms with Crippen molar-refractivity contribution in [3.05, 3.63) is 33.3 Å². The SMILES string of the molecule is CCC(C)N(CCOC)c1cccc(Cl)c1[N+](=O)[O-]. The van der Waals surface area contributed by atoms with Gasteiger partial charge in [0.05, 0.1) is 11.5 Å². The van der Waals surface area contributed by atoms with Crippen molar-refractivity contribution >= 4 is 23.0 Å². The Balaban J connectivity index is 3.21. The number of rotatable bonds is 7. The van der Waals surface area contributed by atoms with E-state index in [-0.39, 0.29) is 16.8 Å². The number of methoxy groups -OCH3 is 1. The molecule has 0 N–H and O–H groups in total. The van der Waals surface area contributed by atoms with Gasteiger partial charge in [-0.05, 0) is 25.5 Å². The summed E-state index contributed by atoms with van der Waals surface area (Å²) in [5, 5.41) is 11.4. The summed E-state index contributed by atoms with van der Waals surface area (Å²) in [5.74, 6) is 0. The third-order valence-corrected chi connectivity index (χ3v) is 3.42. The van der Waals surface area contributed by atoms with Crippen LogP contribution in [0.3, 0.4) is 0 Å². The maximum Gasteiger partial charge on any atom is 0.310 e. The highest BCUT2D eigenvalue weighted by Gasteiger charge is 2.25. The van der Waals surface area contributed by atoms with Crippen molar-refractivity contribution in [1.29, 1.82) is 0 Å². The first kappa shape index (κ1) is 15.7. The van der Waals surface area contributed by atoms with Gasteiger partial charge in [-0.3, -0.25) is 10.1 Å². The molecule has 1 aromatic carbocycles. The number of hydrogen-bond donors (Lipinski definition) is 0. The lowest BCUT2D eigenvalue weighted by Gasteiger charge is -2.30. The van der Waals surface area contributed by atoms with Crippen molar-refractivity contribution in [2.45, 2.75) is 26.3 Å². The molecule has 0 spiro atoms. The lowest BCUT2D eigenvalue weighted by Crippen LogP contribution is -2.35. The summed E-state index contributed by atoms with van der Waals surface area (Å²) in [7, 11) is 1.61. The monoisotopic (exact) mass is 286 g/mol. The van der Waals surface area contributed by atoms with Crippen LogP contribution >= 0.6 is 11.6 Å². The van der Waals surface area contributed by atoms with Crippen LogP contribution in [0.25, 0.3) is 0 Å². The fourth-order valence-corrected chi connectivity index (χ4v) is 2.14. The molecule has 0 heterocycles. The van der Waals surface area contributed by atoms with Crippen LogP contribution < -0.4 is 4.90 Å². The van der Waals surface area contributed by atoms with Gasteiger partial charge in [-0.25, -0.2) is 0 Å². The van der Waals surface area contributed by atoms with Crippen molar-refractivity contribution < 1.29 is 9.66 Å². The van der Waals surface area contributed by atoms with Gasteiger partial charge in [0.25, 0.3) is 0 Å². The molecule has 0 aromatic heterocycles. The highest BCUT2D eigenvalue weighted by molar-refractivity contribution is 6.33.